The van der Waals surface area contributed by atoms with Gasteiger partial charge in [-0.2, -0.15) is 4.31 Å². The van der Waals surface area contributed by atoms with Gasteiger partial charge in [-0.05, 0) is 35.9 Å². The summed E-state index contributed by atoms with van der Waals surface area (Å²) in [5.41, 5.74) is 1.59. The summed E-state index contributed by atoms with van der Waals surface area (Å²) in [4.78, 5) is 14.0. The number of hydrogen-bond donors (Lipinski definition) is 0. The van der Waals surface area contributed by atoms with Gasteiger partial charge in [0.15, 0.2) is 0 Å². The fraction of sp³-hybridized carbons (Fsp3) is 0.316. The second-order valence-corrected chi connectivity index (χ2v) is 9.18. The van der Waals surface area contributed by atoms with Gasteiger partial charge < -0.3 is 4.74 Å². The van der Waals surface area contributed by atoms with E-state index < -0.39 is 10.0 Å². The summed E-state index contributed by atoms with van der Waals surface area (Å²) in [6, 6.07) is 14.1. The molecule has 0 spiro atoms. The van der Waals surface area contributed by atoms with Gasteiger partial charge in [-0.15, -0.1) is 0 Å². The first-order chi connectivity index (χ1) is 12.9. The molecule has 0 amide bonds. The molecule has 27 heavy (non-hydrogen) atoms. The number of esters is 1. The van der Waals surface area contributed by atoms with Gasteiger partial charge in [-0.1, -0.05) is 34.1 Å². The van der Waals surface area contributed by atoms with E-state index in [1.54, 1.807) is 30.3 Å². The van der Waals surface area contributed by atoms with Crippen LogP contribution in [-0.4, -0.2) is 56.9 Å². The molecular formula is C19H21BrN2O4S. The number of sulfonamides is 1. The number of ether oxygens (including phenoxy) is 1. The smallest absolute Gasteiger partial charge is 0.337 e. The second kappa shape index (κ2) is 8.52. The first-order valence-electron chi connectivity index (χ1n) is 8.55. The van der Waals surface area contributed by atoms with Crippen LogP contribution in [0.5, 0.6) is 0 Å². The summed E-state index contributed by atoms with van der Waals surface area (Å²) in [5.74, 6) is -0.354. The van der Waals surface area contributed by atoms with Gasteiger partial charge in [-0.25, -0.2) is 13.2 Å². The Hall–Kier alpha value is -1.74. The van der Waals surface area contributed by atoms with Crippen LogP contribution in [0.3, 0.4) is 0 Å². The van der Waals surface area contributed by atoms with Crippen LogP contribution in [0.1, 0.15) is 15.9 Å². The van der Waals surface area contributed by atoms with Crippen LogP contribution in [0.15, 0.2) is 57.9 Å². The Kier molecular flexibility index (Phi) is 6.31. The molecule has 1 aliphatic heterocycles. The highest BCUT2D eigenvalue weighted by atomic mass is 79.9. The molecule has 0 aliphatic carbocycles. The van der Waals surface area contributed by atoms with Crippen LogP contribution in [0, 0.1) is 0 Å². The average molecular weight is 453 g/mol. The number of rotatable bonds is 5. The summed E-state index contributed by atoms with van der Waals surface area (Å²) in [7, 11) is -2.11. The number of piperazine rings is 1. The van der Waals surface area contributed by atoms with E-state index in [1.165, 1.54) is 11.4 Å². The molecule has 0 N–H and O–H groups in total. The molecule has 8 heteroatoms. The number of methoxy groups -OCH3 is 1. The lowest BCUT2D eigenvalue weighted by atomic mass is 10.1. The van der Waals surface area contributed by atoms with Crippen molar-refractivity contribution in [2.24, 2.45) is 0 Å². The van der Waals surface area contributed by atoms with Crippen molar-refractivity contribution in [2.75, 3.05) is 33.3 Å². The summed E-state index contributed by atoms with van der Waals surface area (Å²) < 4.78 is 32.5. The Labute approximate surface area is 167 Å². The van der Waals surface area contributed by atoms with Gasteiger partial charge in [0.1, 0.15) is 0 Å². The van der Waals surface area contributed by atoms with Crippen molar-refractivity contribution >= 4 is 31.9 Å². The third-order valence-corrected chi connectivity index (χ3v) is 6.93. The van der Waals surface area contributed by atoms with Crippen molar-refractivity contribution in [1.29, 1.82) is 0 Å². The number of carbonyl (C=O) groups excluding carboxylic acids is 1. The molecular weight excluding hydrogens is 432 g/mol. The van der Waals surface area contributed by atoms with Crippen molar-refractivity contribution < 1.29 is 17.9 Å². The maximum Gasteiger partial charge on any atom is 0.337 e. The molecule has 1 saturated heterocycles. The van der Waals surface area contributed by atoms with Crippen molar-refractivity contribution in [1.82, 2.24) is 9.21 Å². The largest absolute Gasteiger partial charge is 0.465 e. The predicted octanol–water partition coefficient (Wildman–Crippen LogP) is 2.74. The van der Waals surface area contributed by atoms with E-state index in [2.05, 4.69) is 20.8 Å². The van der Waals surface area contributed by atoms with Gasteiger partial charge in [0.05, 0.1) is 17.6 Å². The molecule has 144 valence electrons. The van der Waals surface area contributed by atoms with Gasteiger partial charge in [0, 0.05) is 37.2 Å². The third-order valence-electron chi connectivity index (χ3n) is 4.55. The Balaban J connectivity index is 1.59. The second-order valence-electron chi connectivity index (χ2n) is 6.33. The van der Waals surface area contributed by atoms with Gasteiger partial charge in [0.2, 0.25) is 10.0 Å². The van der Waals surface area contributed by atoms with Gasteiger partial charge >= 0.3 is 5.97 Å². The predicted molar refractivity (Wildman–Crippen MR) is 106 cm³/mol. The van der Waals surface area contributed by atoms with Crippen molar-refractivity contribution in [3.05, 3.63) is 64.1 Å². The molecule has 2 aromatic carbocycles. The van der Waals surface area contributed by atoms with E-state index >= 15 is 0 Å². The van der Waals surface area contributed by atoms with Crippen LogP contribution < -0.4 is 0 Å². The normalized spacial score (nSPS) is 16.2. The Morgan fingerprint density at radius 1 is 1.07 bits per heavy atom. The number of nitrogens with zero attached hydrogens (tertiary/aromatic N) is 2. The maximum absolute atomic E-state index is 12.8. The fourth-order valence-corrected chi connectivity index (χ4v) is 5.05. The standard InChI is InChI=1S/C19H21BrN2O4S/c1-26-19(23)16-7-5-15(6-8-16)14-21-9-11-22(12-10-21)27(24,25)18-4-2-3-17(20)13-18/h2-8,13H,9-12,14H2,1H3. The van der Waals surface area contributed by atoms with E-state index in [-0.39, 0.29) is 5.97 Å². The SMILES string of the molecule is COC(=O)c1ccc(CN2CCN(S(=O)(=O)c3cccc(Br)c3)CC2)cc1. The van der Waals surface area contributed by atoms with Crippen molar-refractivity contribution in [3.63, 3.8) is 0 Å². The number of halogens is 1. The highest BCUT2D eigenvalue weighted by molar-refractivity contribution is 9.10. The quantitative estimate of drug-likeness (QED) is 0.652. The van der Waals surface area contributed by atoms with Crippen molar-refractivity contribution in [3.8, 4) is 0 Å². The fourth-order valence-electron chi connectivity index (χ4n) is 3.03. The Morgan fingerprint density at radius 3 is 2.33 bits per heavy atom. The van der Waals surface area contributed by atoms with Gasteiger partial charge in [0.25, 0.3) is 0 Å². The molecule has 0 aromatic heterocycles. The summed E-state index contributed by atoms with van der Waals surface area (Å²) >= 11 is 3.32. The minimum atomic E-state index is -3.47. The van der Waals surface area contributed by atoms with Gasteiger partial charge in [-0.3, -0.25) is 4.90 Å². The van der Waals surface area contributed by atoms with E-state index in [1.807, 2.05) is 18.2 Å². The topological polar surface area (TPSA) is 66.9 Å². The molecule has 1 fully saturated rings. The molecule has 0 atom stereocenters. The zero-order valence-corrected chi connectivity index (χ0v) is 17.4. The van der Waals surface area contributed by atoms with E-state index in [0.29, 0.717) is 43.2 Å². The molecule has 6 nitrogen and oxygen atoms in total. The van der Waals surface area contributed by atoms with Crippen LogP contribution in [-0.2, 0) is 21.3 Å². The maximum atomic E-state index is 12.8. The summed E-state index contributed by atoms with van der Waals surface area (Å²) in [6.07, 6.45) is 0. The molecule has 0 saturated carbocycles. The van der Waals surface area contributed by atoms with E-state index in [4.69, 9.17) is 4.74 Å². The zero-order valence-electron chi connectivity index (χ0n) is 15.0. The molecule has 2 aromatic rings. The number of carbonyl (C=O) groups is 1. The van der Waals surface area contributed by atoms with E-state index in [9.17, 15) is 13.2 Å². The molecule has 1 aliphatic rings. The van der Waals surface area contributed by atoms with Crippen LogP contribution >= 0.6 is 15.9 Å². The lowest BCUT2D eigenvalue weighted by Crippen LogP contribution is -2.48. The molecule has 0 radical (unpaired) electrons. The molecule has 0 unspecified atom stereocenters. The summed E-state index contributed by atoms with van der Waals surface area (Å²) in [5, 5.41) is 0. The van der Waals surface area contributed by atoms with Crippen molar-refractivity contribution in [2.45, 2.75) is 11.4 Å². The Morgan fingerprint density at radius 2 is 1.74 bits per heavy atom. The highest BCUT2D eigenvalue weighted by Gasteiger charge is 2.28. The number of hydrogen-bond acceptors (Lipinski definition) is 5. The zero-order chi connectivity index (χ0) is 19.4. The monoisotopic (exact) mass is 452 g/mol. The lowest BCUT2D eigenvalue weighted by Gasteiger charge is -2.34. The third kappa shape index (κ3) is 4.76. The van der Waals surface area contributed by atoms with Crippen LogP contribution in [0.2, 0.25) is 0 Å². The lowest BCUT2D eigenvalue weighted by molar-refractivity contribution is 0.0600. The average Bonchev–Trinajstić information content (AvgIpc) is 2.68. The number of benzene rings is 2. The minimum Gasteiger partial charge on any atom is -0.465 e. The molecule has 3 rings (SSSR count). The summed E-state index contributed by atoms with van der Waals surface area (Å²) in [6.45, 7) is 2.94. The Bertz CT molecular complexity index is 908. The first-order valence-corrected chi connectivity index (χ1v) is 10.8. The first kappa shape index (κ1) is 20.0. The van der Waals surface area contributed by atoms with Crippen LogP contribution in [0.4, 0.5) is 0 Å². The molecule has 0 bridgehead atoms. The highest BCUT2D eigenvalue weighted by Crippen LogP contribution is 2.21. The van der Waals surface area contributed by atoms with Crippen LogP contribution in [0.25, 0.3) is 0 Å². The molecule has 1 heterocycles. The van der Waals surface area contributed by atoms with E-state index in [0.717, 1.165) is 10.0 Å². The minimum absolute atomic E-state index is 0.309.